The minimum Gasteiger partial charge on any atom is -0.335 e. The number of anilines is 1. The number of hydrogen-bond acceptors (Lipinski definition) is 2. The minimum absolute atomic E-state index is 0.986. The van der Waals surface area contributed by atoms with Crippen LogP contribution in [0, 0.1) is 0 Å². The monoisotopic (exact) mass is 517 g/mol. The van der Waals surface area contributed by atoms with Gasteiger partial charge in [0.2, 0.25) is 5.52 Å². The van der Waals surface area contributed by atoms with Gasteiger partial charge in [-0.2, -0.15) is 4.57 Å². The molecule has 0 saturated carbocycles. The van der Waals surface area contributed by atoms with Crippen LogP contribution in [0.5, 0.6) is 0 Å². The molecule has 0 saturated heterocycles. The Morgan fingerprint density at radius 2 is 1.32 bits per heavy atom. The molecule has 0 N–H and O–H groups in total. The number of fused-ring (bicyclic) bond motifs is 2. The molecule has 6 rings (SSSR count). The number of pyridine rings is 3. The van der Waals surface area contributed by atoms with Crippen molar-refractivity contribution in [1.82, 2.24) is 0 Å². The fourth-order valence-corrected chi connectivity index (χ4v) is 6.30. The van der Waals surface area contributed by atoms with Gasteiger partial charge in [0.05, 0.1) is 22.5 Å². The van der Waals surface area contributed by atoms with E-state index in [-0.39, 0.29) is 0 Å². The molecule has 3 aromatic heterocycles. The average molecular weight is 518 g/mol. The molecule has 0 radical (unpaired) electrons. The SMILES string of the molecule is C(=C1Sc2ccccc2N1CCC[n+]1ccccc1)c1cc[n+](CCC[n+]2ccccc2)c2ccccc12. The van der Waals surface area contributed by atoms with Crippen LogP contribution in [-0.4, -0.2) is 6.54 Å². The fourth-order valence-electron chi connectivity index (χ4n) is 5.16. The predicted octanol–water partition coefficient (Wildman–Crippen LogP) is 5.79. The van der Waals surface area contributed by atoms with E-state index in [9.17, 15) is 0 Å². The topological polar surface area (TPSA) is 14.9 Å². The van der Waals surface area contributed by atoms with Crippen LogP contribution >= 0.6 is 11.8 Å². The highest BCUT2D eigenvalue weighted by molar-refractivity contribution is 8.03. The van der Waals surface area contributed by atoms with E-state index in [0.29, 0.717) is 0 Å². The van der Waals surface area contributed by atoms with E-state index in [4.69, 9.17) is 0 Å². The Balaban J connectivity index is 1.25. The van der Waals surface area contributed by atoms with Crippen molar-refractivity contribution in [2.75, 3.05) is 11.4 Å². The van der Waals surface area contributed by atoms with Crippen LogP contribution in [0.15, 0.2) is 132 Å². The summed E-state index contributed by atoms with van der Waals surface area (Å²) in [6, 6.07) is 32.4. The smallest absolute Gasteiger partial charge is 0.213 e. The van der Waals surface area contributed by atoms with E-state index in [2.05, 4.69) is 147 Å². The molecule has 0 unspecified atom stereocenters. The molecular formula is C33H33N4S+3. The van der Waals surface area contributed by atoms with E-state index < -0.39 is 0 Å². The van der Waals surface area contributed by atoms with Crippen molar-refractivity contribution < 1.29 is 13.7 Å². The van der Waals surface area contributed by atoms with Gasteiger partial charge in [0, 0.05) is 54.3 Å². The lowest BCUT2D eigenvalue weighted by molar-refractivity contribution is -0.717. The Morgan fingerprint density at radius 1 is 0.632 bits per heavy atom. The maximum Gasteiger partial charge on any atom is 0.213 e. The second-order valence-electron chi connectivity index (χ2n) is 9.62. The van der Waals surface area contributed by atoms with Gasteiger partial charge in [-0.1, -0.05) is 48.2 Å². The van der Waals surface area contributed by atoms with Crippen LogP contribution in [0.25, 0.3) is 17.0 Å². The summed E-state index contributed by atoms with van der Waals surface area (Å²) in [5, 5.41) is 2.60. The van der Waals surface area contributed by atoms with Crippen molar-refractivity contribution in [2.45, 2.75) is 37.4 Å². The molecule has 0 aliphatic carbocycles. The molecule has 188 valence electrons. The van der Waals surface area contributed by atoms with Crippen molar-refractivity contribution in [1.29, 1.82) is 0 Å². The fraction of sp³-hybridized carbons (Fsp3) is 0.182. The van der Waals surface area contributed by atoms with Gasteiger partial charge in [-0.05, 0) is 29.8 Å². The summed E-state index contributed by atoms with van der Waals surface area (Å²) in [4.78, 5) is 3.83. The normalized spacial score (nSPS) is 13.8. The predicted molar refractivity (Wildman–Crippen MR) is 154 cm³/mol. The molecule has 1 aliphatic rings. The summed E-state index contributed by atoms with van der Waals surface area (Å²) < 4.78 is 6.91. The number of nitrogens with zero attached hydrogens (tertiary/aromatic N) is 4. The summed E-state index contributed by atoms with van der Waals surface area (Å²) in [5.74, 6) is 0. The molecule has 0 spiro atoms. The van der Waals surface area contributed by atoms with Crippen LogP contribution in [0.4, 0.5) is 5.69 Å². The maximum atomic E-state index is 2.50. The van der Waals surface area contributed by atoms with Gasteiger partial charge in [0.1, 0.15) is 6.54 Å². The van der Waals surface area contributed by atoms with E-state index in [1.54, 1.807) is 0 Å². The lowest BCUT2D eigenvalue weighted by atomic mass is 10.1. The Labute approximate surface area is 229 Å². The highest BCUT2D eigenvalue weighted by Gasteiger charge is 2.25. The largest absolute Gasteiger partial charge is 0.335 e. The highest BCUT2D eigenvalue weighted by Crippen LogP contribution is 2.46. The number of aryl methyl sites for hydroxylation is 3. The zero-order valence-corrected chi connectivity index (χ0v) is 22.4. The van der Waals surface area contributed by atoms with E-state index in [0.717, 1.165) is 39.0 Å². The second kappa shape index (κ2) is 11.6. The Hall–Kier alpha value is -3.96. The molecule has 4 nitrogen and oxygen atoms in total. The summed E-state index contributed by atoms with van der Waals surface area (Å²) in [7, 11) is 0. The number of aromatic nitrogens is 3. The molecule has 0 atom stereocenters. The summed E-state index contributed by atoms with van der Waals surface area (Å²) >= 11 is 1.88. The van der Waals surface area contributed by atoms with Gasteiger partial charge in [-0.25, -0.2) is 9.13 Å². The molecule has 4 heterocycles. The lowest BCUT2D eigenvalue weighted by Crippen LogP contribution is -2.39. The van der Waals surface area contributed by atoms with E-state index in [1.807, 2.05) is 11.8 Å². The minimum atomic E-state index is 0.986. The molecule has 1 aliphatic heterocycles. The van der Waals surface area contributed by atoms with Crippen LogP contribution in [-0.2, 0) is 19.6 Å². The summed E-state index contributed by atoms with van der Waals surface area (Å²) in [5.41, 5.74) is 3.87. The molecule has 0 fully saturated rings. The third kappa shape index (κ3) is 5.48. The summed E-state index contributed by atoms with van der Waals surface area (Å²) in [6.07, 6.45) is 15.4. The molecule has 2 aromatic carbocycles. The highest BCUT2D eigenvalue weighted by atomic mass is 32.2. The van der Waals surface area contributed by atoms with Crippen LogP contribution < -0.4 is 18.6 Å². The quantitative estimate of drug-likeness (QED) is 0.230. The lowest BCUT2D eigenvalue weighted by Gasteiger charge is -2.20. The molecule has 38 heavy (non-hydrogen) atoms. The first kappa shape index (κ1) is 24.4. The molecular weight excluding hydrogens is 484 g/mol. The van der Waals surface area contributed by atoms with Gasteiger partial charge < -0.3 is 4.90 Å². The zero-order chi connectivity index (χ0) is 25.6. The van der Waals surface area contributed by atoms with Crippen molar-refractivity contribution in [3.05, 3.63) is 133 Å². The molecule has 5 aromatic rings. The number of hydrogen-bond donors (Lipinski definition) is 0. The Bertz CT molecular complexity index is 1550. The van der Waals surface area contributed by atoms with Crippen LogP contribution in [0.3, 0.4) is 0 Å². The summed E-state index contributed by atoms with van der Waals surface area (Å²) in [6.45, 7) is 3.99. The standard InChI is InChI=1S/C33H33N4S/c1-7-18-34(19-8-1)22-11-24-36-26-17-28(29-13-3-4-14-30(29)36)27-33-37(31-15-5-6-16-32(31)38-33)25-12-23-35-20-9-2-10-21-35/h1-10,13-21,26-27H,11-12,22-25H2/q+3. The average Bonchev–Trinajstić information content (AvgIpc) is 3.32. The maximum absolute atomic E-state index is 2.50. The van der Waals surface area contributed by atoms with Gasteiger partial charge in [0.25, 0.3) is 0 Å². The van der Waals surface area contributed by atoms with Crippen molar-refractivity contribution in [3.8, 4) is 0 Å². The first-order valence-corrected chi connectivity index (χ1v) is 14.2. The molecule has 0 amide bonds. The number of benzene rings is 2. The first-order valence-electron chi connectivity index (χ1n) is 13.4. The van der Waals surface area contributed by atoms with Crippen LogP contribution in [0.2, 0.25) is 0 Å². The molecule has 5 heteroatoms. The zero-order valence-electron chi connectivity index (χ0n) is 21.6. The van der Waals surface area contributed by atoms with Gasteiger partial charge >= 0.3 is 0 Å². The third-order valence-corrected chi connectivity index (χ3v) is 8.15. The Kier molecular flexibility index (Phi) is 7.45. The van der Waals surface area contributed by atoms with Crippen molar-refractivity contribution >= 4 is 34.4 Å². The number of thioether (sulfide) groups is 1. The van der Waals surface area contributed by atoms with E-state index in [1.165, 1.54) is 32.1 Å². The number of para-hydroxylation sites is 2. The molecule has 0 bridgehead atoms. The van der Waals surface area contributed by atoms with Crippen molar-refractivity contribution in [2.24, 2.45) is 0 Å². The number of rotatable bonds is 9. The van der Waals surface area contributed by atoms with Gasteiger partial charge in [-0.15, -0.1) is 0 Å². The Morgan fingerprint density at radius 3 is 2.11 bits per heavy atom. The van der Waals surface area contributed by atoms with Gasteiger partial charge in [-0.3, -0.25) is 0 Å². The first-order chi connectivity index (χ1) is 18.8. The van der Waals surface area contributed by atoms with E-state index >= 15 is 0 Å². The van der Waals surface area contributed by atoms with Gasteiger partial charge in [0.15, 0.2) is 44.1 Å². The second-order valence-corrected chi connectivity index (χ2v) is 10.7. The van der Waals surface area contributed by atoms with Crippen molar-refractivity contribution in [3.63, 3.8) is 0 Å². The van der Waals surface area contributed by atoms with Crippen LogP contribution in [0.1, 0.15) is 18.4 Å². The third-order valence-electron chi connectivity index (χ3n) is 7.04.